The molecule has 0 bridgehead atoms. The summed E-state index contributed by atoms with van der Waals surface area (Å²) in [6, 6.07) is 10.0. The fourth-order valence-corrected chi connectivity index (χ4v) is 2.64. The van der Waals surface area contributed by atoms with Crippen LogP contribution in [-0.2, 0) is 4.79 Å². The van der Waals surface area contributed by atoms with E-state index in [4.69, 9.17) is 0 Å². The van der Waals surface area contributed by atoms with Gasteiger partial charge in [-0.25, -0.2) is 4.98 Å². The highest BCUT2D eigenvalue weighted by Crippen LogP contribution is 2.20. The van der Waals surface area contributed by atoms with Crippen LogP contribution in [0.2, 0.25) is 0 Å². The number of nitrogens with one attached hydrogen (secondary N) is 2. The second kappa shape index (κ2) is 7.77. The minimum Gasteiger partial charge on any atom is -0.340 e. The van der Waals surface area contributed by atoms with Gasteiger partial charge in [0.25, 0.3) is 0 Å². The van der Waals surface area contributed by atoms with E-state index in [-0.39, 0.29) is 11.8 Å². The number of rotatable bonds is 6. The molecular formula is C19H25N3O. The molecule has 2 N–H and O–H groups in total. The Morgan fingerprint density at radius 1 is 1.04 bits per heavy atom. The van der Waals surface area contributed by atoms with Crippen LogP contribution in [0.4, 0.5) is 17.2 Å². The molecule has 2 aromatic rings. The first-order valence-electron chi connectivity index (χ1n) is 8.14. The van der Waals surface area contributed by atoms with Gasteiger partial charge in [-0.3, -0.25) is 4.79 Å². The SMILES string of the molecule is CCC(CC)C(=O)Nc1ccc(Nc2cc(C)cc(C)c2)nc1. The molecule has 122 valence electrons. The number of nitrogens with zero attached hydrogens (tertiary/aromatic N) is 1. The summed E-state index contributed by atoms with van der Waals surface area (Å²) < 4.78 is 0. The van der Waals surface area contributed by atoms with Gasteiger partial charge < -0.3 is 10.6 Å². The number of hydrogen-bond donors (Lipinski definition) is 2. The number of amides is 1. The summed E-state index contributed by atoms with van der Waals surface area (Å²) in [5.74, 6) is 0.880. The monoisotopic (exact) mass is 311 g/mol. The second-order valence-corrected chi connectivity index (χ2v) is 5.94. The van der Waals surface area contributed by atoms with E-state index in [1.165, 1.54) is 11.1 Å². The first-order chi connectivity index (χ1) is 11.0. The largest absolute Gasteiger partial charge is 0.340 e. The minimum absolute atomic E-state index is 0.0584. The van der Waals surface area contributed by atoms with Crippen molar-refractivity contribution in [1.82, 2.24) is 4.98 Å². The van der Waals surface area contributed by atoms with Gasteiger partial charge in [0.15, 0.2) is 0 Å². The van der Waals surface area contributed by atoms with Crippen LogP contribution in [-0.4, -0.2) is 10.9 Å². The average Bonchev–Trinajstić information content (AvgIpc) is 2.49. The Morgan fingerprint density at radius 2 is 1.70 bits per heavy atom. The van der Waals surface area contributed by atoms with E-state index in [1.54, 1.807) is 6.20 Å². The van der Waals surface area contributed by atoms with E-state index in [0.29, 0.717) is 0 Å². The van der Waals surface area contributed by atoms with Crippen molar-refractivity contribution in [3.8, 4) is 0 Å². The summed E-state index contributed by atoms with van der Waals surface area (Å²) in [6.07, 6.45) is 3.38. The molecule has 0 aliphatic heterocycles. The molecule has 1 aromatic heterocycles. The Kier molecular flexibility index (Phi) is 5.74. The van der Waals surface area contributed by atoms with Crippen molar-refractivity contribution in [2.75, 3.05) is 10.6 Å². The number of anilines is 3. The molecule has 0 fully saturated rings. The summed E-state index contributed by atoms with van der Waals surface area (Å²) in [5.41, 5.74) is 4.17. The number of hydrogen-bond acceptors (Lipinski definition) is 3. The maximum absolute atomic E-state index is 12.1. The van der Waals surface area contributed by atoms with Gasteiger partial charge in [0.2, 0.25) is 5.91 Å². The fraction of sp³-hybridized carbons (Fsp3) is 0.368. The lowest BCUT2D eigenvalue weighted by molar-refractivity contribution is -0.120. The molecule has 1 aromatic carbocycles. The van der Waals surface area contributed by atoms with Gasteiger partial charge in [-0.15, -0.1) is 0 Å². The molecule has 1 amide bonds. The number of pyridine rings is 1. The summed E-state index contributed by atoms with van der Waals surface area (Å²) in [4.78, 5) is 16.4. The topological polar surface area (TPSA) is 54.0 Å². The number of carbonyl (C=O) groups excluding carboxylic acids is 1. The third-order valence-electron chi connectivity index (χ3n) is 3.88. The number of aromatic nitrogens is 1. The number of carbonyl (C=O) groups is 1. The molecule has 0 atom stereocenters. The van der Waals surface area contributed by atoms with E-state index < -0.39 is 0 Å². The lowest BCUT2D eigenvalue weighted by Crippen LogP contribution is -2.21. The van der Waals surface area contributed by atoms with Crippen LogP contribution >= 0.6 is 0 Å². The van der Waals surface area contributed by atoms with E-state index >= 15 is 0 Å². The lowest BCUT2D eigenvalue weighted by Gasteiger charge is -2.13. The van der Waals surface area contributed by atoms with Crippen molar-refractivity contribution in [3.05, 3.63) is 47.7 Å². The molecule has 4 heteroatoms. The van der Waals surface area contributed by atoms with E-state index in [2.05, 4.69) is 47.7 Å². The maximum atomic E-state index is 12.1. The Hall–Kier alpha value is -2.36. The third-order valence-corrected chi connectivity index (χ3v) is 3.88. The van der Waals surface area contributed by atoms with Gasteiger partial charge in [0.05, 0.1) is 11.9 Å². The number of aryl methyl sites for hydroxylation is 2. The quantitative estimate of drug-likeness (QED) is 0.804. The van der Waals surface area contributed by atoms with Crippen LogP contribution in [0.25, 0.3) is 0 Å². The highest BCUT2D eigenvalue weighted by Gasteiger charge is 2.14. The van der Waals surface area contributed by atoms with Crippen molar-refractivity contribution in [2.45, 2.75) is 40.5 Å². The molecule has 0 spiro atoms. The predicted octanol–water partition coefficient (Wildman–Crippen LogP) is 4.82. The Balaban J connectivity index is 2.03. The molecule has 0 saturated carbocycles. The van der Waals surface area contributed by atoms with Gasteiger partial charge in [0.1, 0.15) is 5.82 Å². The molecule has 0 radical (unpaired) electrons. The molecule has 0 unspecified atom stereocenters. The Morgan fingerprint density at radius 3 is 2.22 bits per heavy atom. The van der Waals surface area contributed by atoms with Crippen LogP contribution in [0.1, 0.15) is 37.8 Å². The zero-order valence-corrected chi connectivity index (χ0v) is 14.3. The maximum Gasteiger partial charge on any atom is 0.227 e. The highest BCUT2D eigenvalue weighted by atomic mass is 16.1. The van der Waals surface area contributed by atoms with Crippen LogP contribution in [0.3, 0.4) is 0 Å². The molecule has 1 heterocycles. The predicted molar refractivity (Wildman–Crippen MR) is 96.1 cm³/mol. The Labute approximate surface area is 138 Å². The van der Waals surface area contributed by atoms with Gasteiger partial charge in [0, 0.05) is 11.6 Å². The average molecular weight is 311 g/mol. The molecule has 23 heavy (non-hydrogen) atoms. The van der Waals surface area contributed by atoms with Crippen LogP contribution in [0, 0.1) is 19.8 Å². The van der Waals surface area contributed by atoms with Crippen molar-refractivity contribution in [3.63, 3.8) is 0 Å². The fourth-order valence-electron chi connectivity index (χ4n) is 2.64. The van der Waals surface area contributed by atoms with Crippen molar-refractivity contribution < 1.29 is 4.79 Å². The zero-order chi connectivity index (χ0) is 16.8. The normalized spacial score (nSPS) is 10.7. The molecular weight excluding hydrogens is 286 g/mol. The van der Waals surface area contributed by atoms with Gasteiger partial charge in [-0.05, 0) is 62.1 Å². The van der Waals surface area contributed by atoms with Crippen LogP contribution in [0.15, 0.2) is 36.5 Å². The van der Waals surface area contributed by atoms with Gasteiger partial charge in [-0.2, -0.15) is 0 Å². The summed E-state index contributed by atoms with van der Waals surface area (Å²) in [6.45, 7) is 8.20. The van der Waals surface area contributed by atoms with Crippen LogP contribution < -0.4 is 10.6 Å². The summed E-state index contributed by atoms with van der Waals surface area (Å²) >= 11 is 0. The lowest BCUT2D eigenvalue weighted by atomic mass is 10.0. The smallest absolute Gasteiger partial charge is 0.227 e. The Bertz CT molecular complexity index is 641. The molecule has 4 nitrogen and oxygen atoms in total. The zero-order valence-electron chi connectivity index (χ0n) is 14.3. The van der Waals surface area contributed by atoms with E-state index in [9.17, 15) is 4.79 Å². The second-order valence-electron chi connectivity index (χ2n) is 5.94. The number of benzene rings is 1. The first-order valence-corrected chi connectivity index (χ1v) is 8.14. The molecule has 0 saturated heterocycles. The van der Waals surface area contributed by atoms with Crippen molar-refractivity contribution >= 4 is 23.1 Å². The van der Waals surface area contributed by atoms with Gasteiger partial charge >= 0.3 is 0 Å². The standard InChI is InChI=1S/C19H25N3O/c1-5-15(6-2)19(23)22-16-7-8-18(20-12-16)21-17-10-13(3)9-14(4)11-17/h7-12,15H,5-6H2,1-4H3,(H,20,21)(H,22,23). The molecule has 2 rings (SSSR count). The van der Waals surface area contributed by atoms with Gasteiger partial charge in [-0.1, -0.05) is 19.9 Å². The van der Waals surface area contributed by atoms with Crippen molar-refractivity contribution in [2.24, 2.45) is 5.92 Å². The summed E-state index contributed by atoms with van der Waals surface area (Å²) in [7, 11) is 0. The van der Waals surface area contributed by atoms with E-state index in [1.807, 2.05) is 26.0 Å². The van der Waals surface area contributed by atoms with E-state index in [0.717, 1.165) is 30.0 Å². The summed E-state index contributed by atoms with van der Waals surface area (Å²) in [5, 5.41) is 6.21. The molecule has 0 aliphatic carbocycles. The first kappa shape index (κ1) is 17.0. The van der Waals surface area contributed by atoms with Crippen molar-refractivity contribution in [1.29, 1.82) is 0 Å². The molecule has 0 aliphatic rings. The third kappa shape index (κ3) is 4.81. The van der Waals surface area contributed by atoms with Crippen LogP contribution in [0.5, 0.6) is 0 Å². The highest BCUT2D eigenvalue weighted by molar-refractivity contribution is 5.92. The minimum atomic E-state index is 0.0584.